The zero-order valence-corrected chi connectivity index (χ0v) is 19.0. The lowest BCUT2D eigenvalue weighted by Crippen LogP contribution is -2.29. The first-order valence-electron chi connectivity index (χ1n) is 9.58. The molecule has 7 nitrogen and oxygen atoms in total. The van der Waals surface area contributed by atoms with E-state index < -0.39 is 0 Å². The van der Waals surface area contributed by atoms with Crippen LogP contribution in [0, 0.1) is 5.82 Å². The molecule has 1 aliphatic rings. The van der Waals surface area contributed by atoms with E-state index in [2.05, 4.69) is 5.32 Å². The van der Waals surface area contributed by atoms with Gasteiger partial charge in [-0.15, -0.1) is 0 Å². The Bertz CT molecular complexity index is 1050. The first-order chi connectivity index (χ1) is 15.3. The summed E-state index contributed by atoms with van der Waals surface area (Å²) >= 11 is 6.49. The van der Waals surface area contributed by atoms with Crippen molar-refractivity contribution in [2.24, 2.45) is 0 Å². The number of methoxy groups -OCH3 is 2. The highest BCUT2D eigenvalue weighted by atomic mass is 32.2. The topological polar surface area (TPSA) is 88.1 Å². The van der Waals surface area contributed by atoms with Crippen LogP contribution in [0.4, 0.5) is 10.1 Å². The number of benzene rings is 2. The number of amides is 2. The first-order valence-corrected chi connectivity index (χ1v) is 10.8. The van der Waals surface area contributed by atoms with Crippen LogP contribution in [-0.4, -0.2) is 46.9 Å². The zero-order valence-electron chi connectivity index (χ0n) is 17.4. The normalized spacial score (nSPS) is 14.7. The first kappa shape index (κ1) is 23.6. The number of ether oxygens (including phenoxy) is 2. The molecular weight excluding hydrogens is 455 g/mol. The number of hydrogen-bond donors (Lipinski definition) is 2. The van der Waals surface area contributed by atoms with Gasteiger partial charge in [0, 0.05) is 18.7 Å². The maximum absolute atomic E-state index is 12.9. The molecule has 1 fully saturated rings. The fourth-order valence-corrected chi connectivity index (χ4v) is 4.30. The van der Waals surface area contributed by atoms with Crippen LogP contribution in [0.25, 0.3) is 6.08 Å². The molecule has 1 saturated heterocycles. The maximum Gasteiger partial charge on any atom is 0.266 e. The molecule has 0 bridgehead atoms. The Balaban J connectivity index is 1.61. The summed E-state index contributed by atoms with van der Waals surface area (Å²) in [5.41, 5.74) is 1.11. The van der Waals surface area contributed by atoms with E-state index in [0.717, 1.165) is 11.8 Å². The molecule has 2 aromatic carbocycles. The molecular formula is C22H21FN2O5S2. The SMILES string of the molecule is COc1cc(/C=C2\SC(=S)N(CCCC(=O)Nc3ccc(F)cc3)C2=O)cc(OC)c1O. The number of hydrogen-bond acceptors (Lipinski definition) is 7. The van der Waals surface area contributed by atoms with Crippen molar-refractivity contribution in [3.63, 3.8) is 0 Å². The van der Waals surface area contributed by atoms with Crippen molar-refractivity contribution in [2.45, 2.75) is 12.8 Å². The van der Waals surface area contributed by atoms with Gasteiger partial charge in [-0.25, -0.2) is 4.39 Å². The van der Waals surface area contributed by atoms with Crippen LogP contribution in [0.1, 0.15) is 18.4 Å². The lowest BCUT2D eigenvalue weighted by molar-refractivity contribution is -0.122. The minimum absolute atomic E-state index is 0.126. The second kappa shape index (κ2) is 10.5. The van der Waals surface area contributed by atoms with Crippen LogP contribution < -0.4 is 14.8 Å². The zero-order chi connectivity index (χ0) is 23.3. The number of carbonyl (C=O) groups is 2. The second-order valence-corrected chi connectivity index (χ2v) is 8.44. The summed E-state index contributed by atoms with van der Waals surface area (Å²) in [6.07, 6.45) is 2.23. The van der Waals surface area contributed by atoms with Crippen molar-refractivity contribution >= 4 is 51.9 Å². The number of phenols is 1. The minimum Gasteiger partial charge on any atom is -0.502 e. The van der Waals surface area contributed by atoms with Crippen molar-refractivity contribution in [3.05, 3.63) is 52.7 Å². The number of anilines is 1. The van der Waals surface area contributed by atoms with E-state index in [-0.39, 0.29) is 41.3 Å². The van der Waals surface area contributed by atoms with E-state index in [9.17, 15) is 19.1 Å². The molecule has 0 aliphatic carbocycles. The summed E-state index contributed by atoms with van der Waals surface area (Å²) in [7, 11) is 2.84. The molecule has 1 heterocycles. The van der Waals surface area contributed by atoms with Crippen LogP contribution >= 0.6 is 24.0 Å². The number of carbonyl (C=O) groups excluding carboxylic acids is 2. The predicted molar refractivity (Wildman–Crippen MR) is 125 cm³/mol. The van der Waals surface area contributed by atoms with E-state index >= 15 is 0 Å². The van der Waals surface area contributed by atoms with E-state index in [1.165, 1.54) is 43.4 Å². The Hall–Kier alpha value is -3.11. The van der Waals surface area contributed by atoms with E-state index in [4.69, 9.17) is 21.7 Å². The standard InChI is InChI=1S/C22H21FN2O5S2/c1-29-16-10-13(11-17(30-2)20(16)27)12-18-21(28)25(22(31)32-18)9-3-4-19(26)24-15-7-5-14(23)6-8-15/h5-8,10-12,27H,3-4,9H2,1-2H3,(H,24,26)/b18-12-. The van der Waals surface area contributed by atoms with Crippen molar-refractivity contribution < 1.29 is 28.6 Å². The Morgan fingerprint density at radius 3 is 2.44 bits per heavy atom. The summed E-state index contributed by atoms with van der Waals surface area (Å²) in [5, 5.41) is 12.7. The third-order valence-corrected chi connectivity index (χ3v) is 5.96. The van der Waals surface area contributed by atoms with Crippen molar-refractivity contribution in [3.8, 4) is 17.2 Å². The molecule has 0 aromatic heterocycles. The van der Waals surface area contributed by atoms with Gasteiger partial charge in [0.1, 0.15) is 10.1 Å². The number of phenolic OH excluding ortho intramolecular Hbond substituents is 1. The number of thiocarbonyl (C=S) groups is 1. The highest BCUT2D eigenvalue weighted by Gasteiger charge is 2.31. The Kier molecular flexibility index (Phi) is 7.70. The third-order valence-electron chi connectivity index (χ3n) is 4.59. The summed E-state index contributed by atoms with van der Waals surface area (Å²) < 4.78 is 23.6. The quantitative estimate of drug-likeness (QED) is 0.437. The molecule has 0 radical (unpaired) electrons. The number of halogens is 1. The number of rotatable bonds is 8. The largest absolute Gasteiger partial charge is 0.502 e. The van der Waals surface area contributed by atoms with Crippen LogP contribution in [-0.2, 0) is 9.59 Å². The van der Waals surface area contributed by atoms with Crippen molar-refractivity contribution in [1.29, 1.82) is 0 Å². The van der Waals surface area contributed by atoms with Gasteiger partial charge in [0.05, 0.1) is 19.1 Å². The van der Waals surface area contributed by atoms with Gasteiger partial charge in [-0.3, -0.25) is 14.5 Å². The lowest BCUT2D eigenvalue weighted by atomic mass is 10.1. The van der Waals surface area contributed by atoms with E-state index in [0.29, 0.717) is 33.4 Å². The van der Waals surface area contributed by atoms with Gasteiger partial charge >= 0.3 is 0 Å². The average Bonchev–Trinajstić information content (AvgIpc) is 3.03. The number of nitrogens with one attached hydrogen (secondary N) is 1. The number of thioether (sulfide) groups is 1. The Morgan fingerprint density at radius 1 is 1.22 bits per heavy atom. The lowest BCUT2D eigenvalue weighted by Gasteiger charge is -2.14. The molecule has 0 atom stereocenters. The average molecular weight is 477 g/mol. The molecule has 32 heavy (non-hydrogen) atoms. The molecule has 0 unspecified atom stereocenters. The van der Waals surface area contributed by atoms with Crippen LogP contribution in [0.2, 0.25) is 0 Å². The summed E-state index contributed by atoms with van der Waals surface area (Å²) in [6, 6.07) is 8.66. The molecule has 2 N–H and O–H groups in total. The molecule has 0 spiro atoms. The molecule has 10 heteroatoms. The number of nitrogens with zero attached hydrogens (tertiary/aromatic N) is 1. The van der Waals surface area contributed by atoms with Gasteiger partial charge in [-0.05, 0) is 54.5 Å². The van der Waals surface area contributed by atoms with Crippen LogP contribution in [0.5, 0.6) is 17.2 Å². The summed E-state index contributed by atoms with van der Waals surface area (Å²) in [6.45, 7) is 0.293. The van der Waals surface area contributed by atoms with Gasteiger partial charge in [-0.1, -0.05) is 24.0 Å². The third kappa shape index (κ3) is 5.57. The minimum atomic E-state index is -0.380. The monoisotopic (exact) mass is 476 g/mol. The predicted octanol–water partition coefficient (Wildman–Crippen LogP) is 4.17. The van der Waals surface area contributed by atoms with E-state index in [1.807, 2.05) is 0 Å². The number of aromatic hydroxyl groups is 1. The maximum atomic E-state index is 12.9. The van der Waals surface area contributed by atoms with E-state index in [1.54, 1.807) is 18.2 Å². The Labute approximate surface area is 194 Å². The highest BCUT2D eigenvalue weighted by molar-refractivity contribution is 8.26. The van der Waals surface area contributed by atoms with Gasteiger partial charge < -0.3 is 19.9 Å². The molecule has 3 rings (SSSR count). The summed E-state index contributed by atoms with van der Waals surface area (Å²) in [4.78, 5) is 26.7. The molecule has 2 amide bonds. The summed E-state index contributed by atoms with van der Waals surface area (Å²) in [5.74, 6) is -0.560. The van der Waals surface area contributed by atoms with Crippen molar-refractivity contribution in [2.75, 3.05) is 26.1 Å². The smallest absolute Gasteiger partial charge is 0.266 e. The Morgan fingerprint density at radius 2 is 1.84 bits per heavy atom. The van der Waals surface area contributed by atoms with Gasteiger partial charge in [-0.2, -0.15) is 0 Å². The molecule has 2 aromatic rings. The molecule has 168 valence electrons. The van der Waals surface area contributed by atoms with Gasteiger partial charge in [0.2, 0.25) is 11.7 Å². The van der Waals surface area contributed by atoms with Gasteiger partial charge in [0.25, 0.3) is 5.91 Å². The molecule has 0 saturated carbocycles. The van der Waals surface area contributed by atoms with Crippen LogP contribution in [0.3, 0.4) is 0 Å². The van der Waals surface area contributed by atoms with Crippen LogP contribution in [0.15, 0.2) is 41.3 Å². The van der Waals surface area contributed by atoms with Gasteiger partial charge in [0.15, 0.2) is 11.5 Å². The fourth-order valence-electron chi connectivity index (χ4n) is 3.00. The second-order valence-electron chi connectivity index (χ2n) is 6.77. The van der Waals surface area contributed by atoms with Crippen molar-refractivity contribution in [1.82, 2.24) is 4.90 Å². The fraction of sp³-hybridized carbons (Fsp3) is 0.227. The highest BCUT2D eigenvalue weighted by Crippen LogP contribution is 2.39. The molecule has 1 aliphatic heterocycles.